The average Bonchev–Trinajstić information content (AvgIpc) is 3.37. The number of nitrogens with zero attached hydrogens (tertiary/aromatic N) is 3. The molecule has 1 amide bonds. The molecule has 2 aromatic carbocycles. The third kappa shape index (κ3) is 4.92. The van der Waals surface area contributed by atoms with E-state index in [0.29, 0.717) is 44.0 Å². The lowest BCUT2D eigenvalue weighted by Crippen LogP contribution is -2.13. The number of nitrogens with one attached hydrogen (secondary N) is 2. The highest BCUT2D eigenvalue weighted by molar-refractivity contribution is 9.10. The van der Waals surface area contributed by atoms with E-state index in [1.807, 2.05) is 30.3 Å². The second-order valence-corrected chi connectivity index (χ2v) is 8.31. The van der Waals surface area contributed by atoms with Crippen LogP contribution in [0.2, 0.25) is 10.0 Å². The molecule has 158 valence electrons. The van der Waals surface area contributed by atoms with Crippen LogP contribution in [0.25, 0.3) is 11.3 Å². The van der Waals surface area contributed by atoms with Crippen LogP contribution >= 0.6 is 39.1 Å². The van der Waals surface area contributed by atoms with E-state index in [9.17, 15) is 4.79 Å². The number of ether oxygens (including phenoxy) is 1. The first-order valence-corrected chi connectivity index (χ1v) is 10.7. The molecule has 0 radical (unpaired) electrons. The average molecular weight is 521 g/mol. The van der Waals surface area contributed by atoms with Crippen molar-refractivity contribution in [2.45, 2.75) is 6.54 Å². The Hall–Kier alpha value is -2.81. The first-order chi connectivity index (χ1) is 14.9. The van der Waals surface area contributed by atoms with Gasteiger partial charge in [0, 0.05) is 21.8 Å². The maximum atomic E-state index is 12.7. The van der Waals surface area contributed by atoms with Crippen molar-refractivity contribution in [3.8, 4) is 17.0 Å². The molecule has 2 heterocycles. The smallest absolute Gasteiger partial charge is 0.274 e. The van der Waals surface area contributed by atoms with Crippen LogP contribution in [0.15, 0.2) is 59.2 Å². The monoisotopic (exact) mass is 519 g/mol. The molecule has 4 aromatic rings. The third-order valence-corrected chi connectivity index (χ3v) is 5.65. The molecule has 31 heavy (non-hydrogen) atoms. The van der Waals surface area contributed by atoms with E-state index < -0.39 is 0 Å². The van der Waals surface area contributed by atoms with Gasteiger partial charge in [-0.1, -0.05) is 41.4 Å². The maximum absolute atomic E-state index is 12.7. The number of anilines is 1. The number of carbonyl (C=O) groups excluding carboxylic acids is 1. The van der Waals surface area contributed by atoms with Crippen molar-refractivity contribution in [2.24, 2.45) is 0 Å². The quantitative estimate of drug-likeness (QED) is 0.344. The minimum Gasteiger partial charge on any atom is -0.497 e. The largest absolute Gasteiger partial charge is 0.497 e. The van der Waals surface area contributed by atoms with Crippen LogP contribution in [0.4, 0.5) is 5.82 Å². The summed E-state index contributed by atoms with van der Waals surface area (Å²) in [5.41, 5.74) is 2.63. The number of aromatic amines is 1. The van der Waals surface area contributed by atoms with E-state index in [2.05, 4.69) is 36.5 Å². The summed E-state index contributed by atoms with van der Waals surface area (Å²) in [4.78, 5) is 12.7. The molecule has 0 aliphatic heterocycles. The molecular weight excluding hydrogens is 505 g/mol. The van der Waals surface area contributed by atoms with Crippen LogP contribution in [0, 0.1) is 0 Å². The topological polar surface area (TPSA) is 84.8 Å². The fraction of sp³-hybridized carbons (Fsp3) is 0.0952. The predicted octanol–water partition coefficient (Wildman–Crippen LogP) is 5.65. The van der Waals surface area contributed by atoms with Gasteiger partial charge < -0.3 is 10.1 Å². The van der Waals surface area contributed by atoms with E-state index >= 15 is 0 Å². The number of benzene rings is 2. The van der Waals surface area contributed by atoms with E-state index in [1.54, 1.807) is 36.2 Å². The standard InChI is InChI=1S/C21H16BrCl2N5O2/c1-31-15-4-2-3-12(7-15)18-9-19(27-26-18)21(30)25-20-16(22)11-29(28-20)10-13-5-6-14(23)8-17(13)24/h2-9,11H,10H2,1H3,(H,26,27)(H,25,28,30). The Morgan fingerprint density at radius 1 is 1.23 bits per heavy atom. The molecule has 0 atom stereocenters. The highest BCUT2D eigenvalue weighted by atomic mass is 79.9. The van der Waals surface area contributed by atoms with Gasteiger partial charge >= 0.3 is 0 Å². The van der Waals surface area contributed by atoms with Crippen LogP contribution in [0.1, 0.15) is 16.1 Å². The summed E-state index contributed by atoms with van der Waals surface area (Å²) in [6.07, 6.45) is 1.76. The number of hydrogen-bond acceptors (Lipinski definition) is 4. The SMILES string of the molecule is COc1cccc(-c2cc(C(=O)Nc3nn(Cc4ccc(Cl)cc4Cl)cc3Br)[nH]n2)c1. The van der Waals surface area contributed by atoms with Crippen LogP contribution in [-0.2, 0) is 6.54 Å². The first-order valence-electron chi connectivity index (χ1n) is 9.11. The van der Waals surface area contributed by atoms with E-state index in [1.165, 1.54) is 0 Å². The summed E-state index contributed by atoms with van der Waals surface area (Å²) in [5, 5.41) is 15.3. The molecule has 2 aromatic heterocycles. The van der Waals surface area contributed by atoms with Crippen LogP contribution in [0.3, 0.4) is 0 Å². The normalized spacial score (nSPS) is 10.8. The van der Waals surface area contributed by atoms with Crippen LogP contribution < -0.4 is 10.1 Å². The second-order valence-electron chi connectivity index (χ2n) is 6.61. The van der Waals surface area contributed by atoms with Gasteiger partial charge in [0.15, 0.2) is 5.82 Å². The van der Waals surface area contributed by atoms with Gasteiger partial charge in [0.2, 0.25) is 0 Å². The van der Waals surface area contributed by atoms with Gasteiger partial charge in [-0.25, -0.2) is 0 Å². The van der Waals surface area contributed by atoms with Crippen molar-refractivity contribution >= 4 is 50.9 Å². The molecule has 0 unspecified atom stereocenters. The van der Waals surface area contributed by atoms with Crippen LogP contribution in [-0.4, -0.2) is 33.0 Å². The Kier molecular flexibility index (Phi) is 6.31. The number of aromatic nitrogens is 4. The lowest BCUT2D eigenvalue weighted by molar-refractivity contribution is 0.102. The van der Waals surface area contributed by atoms with Crippen molar-refractivity contribution in [3.05, 3.63) is 80.5 Å². The molecule has 0 spiro atoms. The zero-order chi connectivity index (χ0) is 22.0. The molecule has 7 nitrogen and oxygen atoms in total. The summed E-state index contributed by atoms with van der Waals surface area (Å²) in [6.45, 7) is 0.425. The second kappa shape index (κ2) is 9.13. The van der Waals surface area contributed by atoms with Gasteiger partial charge in [-0.2, -0.15) is 10.2 Å². The zero-order valence-electron chi connectivity index (χ0n) is 16.2. The van der Waals surface area contributed by atoms with Crippen molar-refractivity contribution in [2.75, 3.05) is 12.4 Å². The zero-order valence-corrected chi connectivity index (χ0v) is 19.3. The Morgan fingerprint density at radius 3 is 2.84 bits per heavy atom. The summed E-state index contributed by atoms with van der Waals surface area (Å²) >= 11 is 15.6. The number of carbonyl (C=O) groups is 1. The van der Waals surface area contributed by atoms with Gasteiger partial charge in [-0.15, -0.1) is 0 Å². The number of amides is 1. The Bertz CT molecular complexity index is 1250. The van der Waals surface area contributed by atoms with E-state index in [4.69, 9.17) is 27.9 Å². The molecule has 0 saturated carbocycles. The molecule has 0 fully saturated rings. The highest BCUT2D eigenvalue weighted by Crippen LogP contribution is 2.26. The number of rotatable bonds is 6. The van der Waals surface area contributed by atoms with Gasteiger partial charge in [0.05, 0.1) is 23.8 Å². The number of halogens is 3. The number of methoxy groups -OCH3 is 1. The lowest BCUT2D eigenvalue weighted by atomic mass is 10.1. The minimum atomic E-state index is -0.364. The molecule has 0 aliphatic carbocycles. The number of hydrogen-bond donors (Lipinski definition) is 2. The third-order valence-electron chi connectivity index (χ3n) is 4.48. The Labute approximate surface area is 196 Å². The lowest BCUT2D eigenvalue weighted by Gasteiger charge is -2.05. The summed E-state index contributed by atoms with van der Waals surface area (Å²) in [5.74, 6) is 0.728. The molecule has 0 bridgehead atoms. The van der Waals surface area contributed by atoms with Crippen molar-refractivity contribution in [1.29, 1.82) is 0 Å². The van der Waals surface area contributed by atoms with Crippen molar-refractivity contribution in [1.82, 2.24) is 20.0 Å². The molecule has 0 aliphatic rings. The molecule has 10 heteroatoms. The summed E-state index contributed by atoms with van der Waals surface area (Å²) in [6, 6.07) is 14.4. The Morgan fingerprint density at radius 2 is 2.06 bits per heavy atom. The van der Waals surface area contributed by atoms with E-state index in [0.717, 1.165) is 11.1 Å². The van der Waals surface area contributed by atoms with Gasteiger partial charge in [0.25, 0.3) is 5.91 Å². The molecule has 4 rings (SSSR count). The van der Waals surface area contributed by atoms with Crippen LogP contribution in [0.5, 0.6) is 5.75 Å². The van der Waals surface area contributed by atoms with E-state index in [-0.39, 0.29) is 5.91 Å². The van der Waals surface area contributed by atoms with Gasteiger partial charge in [0.1, 0.15) is 11.4 Å². The molecule has 0 saturated heterocycles. The fourth-order valence-electron chi connectivity index (χ4n) is 2.93. The van der Waals surface area contributed by atoms with Crippen molar-refractivity contribution < 1.29 is 9.53 Å². The first kappa shape index (κ1) is 21.4. The molecular formula is C21H16BrCl2N5O2. The highest BCUT2D eigenvalue weighted by Gasteiger charge is 2.16. The van der Waals surface area contributed by atoms with Gasteiger partial charge in [-0.3, -0.25) is 14.6 Å². The fourth-order valence-corrected chi connectivity index (χ4v) is 3.81. The van der Waals surface area contributed by atoms with Crippen molar-refractivity contribution in [3.63, 3.8) is 0 Å². The summed E-state index contributed by atoms with van der Waals surface area (Å²) in [7, 11) is 1.60. The Balaban J connectivity index is 1.48. The maximum Gasteiger partial charge on any atom is 0.274 e. The minimum absolute atomic E-state index is 0.306. The summed E-state index contributed by atoms with van der Waals surface area (Å²) < 4.78 is 7.54. The number of H-pyrrole nitrogens is 1. The van der Waals surface area contributed by atoms with Gasteiger partial charge in [-0.05, 0) is 51.8 Å². The molecule has 2 N–H and O–H groups in total. The predicted molar refractivity (Wildman–Crippen MR) is 124 cm³/mol.